The molecular weight excluding hydrogens is 364 g/mol. The fraction of sp³-hybridized carbons (Fsp3) is 0.250. The second-order valence-corrected chi connectivity index (χ2v) is 7.03. The minimum absolute atomic E-state index is 0.152. The third-order valence-corrected chi connectivity index (χ3v) is 5.04. The summed E-state index contributed by atoms with van der Waals surface area (Å²) in [7, 11) is 1.30. The molecule has 0 aliphatic rings. The van der Waals surface area contributed by atoms with Gasteiger partial charge in [0.25, 0.3) is 0 Å². The molecule has 0 saturated carbocycles. The minimum Gasteiger partial charge on any atom is -0.465 e. The maximum Gasteiger partial charge on any atom is 0.339 e. The van der Waals surface area contributed by atoms with Gasteiger partial charge in [-0.15, -0.1) is 11.8 Å². The zero-order valence-corrected chi connectivity index (χ0v) is 16.3. The van der Waals surface area contributed by atoms with Gasteiger partial charge in [-0.05, 0) is 36.8 Å². The van der Waals surface area contributed by atoms with Gasteiger partial charge in [0, 0.05) is 17.5 Å². The second kappa shape index (κ2) is 9.78. The van der Waals surface area contributed by atoms with Crippen molar-refractivity contribution in [1.82, 2.24) is 0 Å². The van der Waals surface area contributed by atoms with E-state index in [0.717, 1.165) is 4.90 Å². The van der Waals surface area contributed by atoms with Crippen LogP contribution in [0.15, 0.2) is 53.4 Å². The van der Waals surface area contributed by atoms with Crippen molar-refractivity contribution in [3.8, 4) is 0 Å². The quantitative estimate of drug-likeness (QED) is 0.556. The van der Waals surface area contributed by atoms with E-state index in [2.05, 4.69) is 10.6 Å². The monoisotopic (exact) mass is 386 g/mol. The second-order valence-electron chi connectivity index (χ2n) is 5.75. The van der Waals surface area contributed by atoms with Gasteiger partial charge < -0.3 is 15.4 Å². The van der Waals surface area contributed by atoms with Gasteiger partial charge in [-0.1, -0.05) is 25.1 Å². The Morgan fingerprint density at radius 3 is 2.48 bits per heavy atom. The fourth-order valence-corrected chi connectivity index (χ4v) is 3.44. The van der Waals surface area contributed by atoms with Crippen molar-refractivity contribution in [1.29, 1.82) is 0 Å². The van der Waals surface area contributed by atoms with E-state index in [-0.39, 0.29) is 17.1 Å². The molecule has 0 aromatic heterocycles. The number of amides is 2. The van der Waals surface area contributed by atoms with Crippen LogP contribution in [0.2, 0.25) is 0 Å². The third-order valence-electron chi connectivity index (χ3n) is 3.69. The zero-order chi connectivity index (χ0) is 19.8. The highest BCUT2D eigenvalue weighted by molar-refractivity contribution is 8.00. The Bertz CT molecular complexity index is 838. The SMILES string of the molecule is CCC(Sc1cccc(NC(C)=O)c1)C(=O)Nc1ccccc1C(=O)OC. The summed E-state index contributed by atoms with van der Waals surface area (Å²) in [5.41, 5.74) is 1.40. The summed E-state index contributed by atoms with van der Waals surface area (Å²) < 4.78 is 4.76. The molecule has 1 atom stereocenters. The van der Waals surface area contributed by atoms with Crippen LogP contribution in [0.4, 0.5) is 11.4 Å². The molecule has 0 aliphatic heterocycles. The lowest BCUT2D eigenvalue weighted by molar-refractivity contribution is -0.116. The lowest BCUT2D eigenvalue weighted by Gasteiger charge is -2.16. The maximum atomic E-state index is 12.7. The van der Waals surface area contributed by atoms with E-state index in [0.29, 0.717) is 23.4 Å². The van der Waals surface area contributed by atoms with Crippen LogP contribution < -0.4 is 10.6 Å². The highest BCUT2D eigenvalue weighted by atomic mass is 32.2. The number of hydrogen-bond acceptors (Lipinski definition) is 5. The summed E-state index contributed by atoms with van der Waals surface area (Å²) in [6, 6.07) is 14.0. The topological polar surface area (TPSA) is 84.5 Å². The van der Waals surface area contributed by atoms with Crippen LogP contribution in [0.3, 0.4) is 0 Å². The van der Waals surface area contributed by atoms with E-state index >= 15 is 0 Å². The van der Waals surface area contributed by atoms with Crippen LogP contribution in [0.1, 0.15) is 30.6 Å². The third kappa shape index (κ3) is 5.86. The molecule has 0 heterocycles. The van der Waals surface area contributed by atoms with E-state index in [4.69, 9.17) is 4.74 Å². The first-order valence-electron chi connectivity index (χ1n) is 8.47. The molecule has 2 amide bonds. The average molecular weight is 386 g/mol. The largest absolute Gasteiger partial charge is 0.465 e. The molecule has 27 heavy (non-hydrogen) atoms. The Morgan fingerprint density at radius 2 is 1.81 bits per heavy atom. The number of rotatable bonds is 7. The van der Waals surface area contributed by atoms with Crippen LogP contribution in [0, 0.1) is 0 Å². The lowest BCUT2D eigenvalue weighted by Crippen LogP contribution is -2.25. The molecule has 6 nitrogen and oxygen atoms in total. The smallest absolute Gasteiger partial charge is 0.339 e. The first kappa shape index (κ1) is 20.5. The van der Waals surface area contributed by atoms with Crippen molar-refractivity contribution in [3.63, 3.8) is 0 Å². The van der Waals surface area contributed by atoms with Gasteiger partial charge in [-0.3, -0.25) is 9.59 Å². The molecule has 0 saturated heterocycles. The molecule has 2 rings (SSSR count). The number of benzene rings is 2. The summed E-state index contributed by atoms with van der Waals surface area (Å²) >= 11 is 1.40. The van der Waals surface area contributed by atoms with Gasteiger partial charge in [-0.2, -0.15) is 0 Å². The van der Waals surface area contributed by atoms with Crippen molar-refractivity contribution in [2.75, 3.05) is 17.7 Å². The number of ether oxygens (including phenoxy) is 1. The number of anilines is 2. The van der Waals surface area contributed by atoms with Crippen LogP contribution in [0.5, 0.6) is 0 Å². The van der Waals surface area contributed by atoms with Crippen LogP contribution >= 0.6 is 11.8 Å². The molecule has 142 valence electrons. The van der Waals surface area contributed by atoms with Gasteiger partial charge in [0.05, 0.1) is 23.6 Å². The van der Waals surface area contributed by atoms with Crippen molar-refractivity contribution in [2.45, 2.75) is 30.4 Å². The van der Waals surface area contributed by atoms with Gasteiger partial charge in [0.1, 0.15) is 0 Å². The van der Waals surface area contributed by atoms with Gasteiger partial charge in [0.15, 0.2) is 0 Å². The summed E-state index contributed by atoms with van der Waals surface area (Å²) in [5, 5.41) is 5.18. The summed E-state index contributed by atoms with van der Waals surface area (Å²) in [6.45, 7) is 3.36. The predicted octanol–water partition coefficient (Wildman–Crippen LogP) is 3.94. The highest BCUT2D eigenvalue weighted by Gasteiger charge is 2.20. The van der Waals surface area contributed by atoms with E-state index in [1.54, 1.807) is 30.3 Å². The van der Waals surface area contributed by atoms with E-state index in [9.17, 15) is 14.4 Å². The summed E-state index contributed by atoms with van der Waals surface area (Å²) in [6.07, 6.45) is 0.598. The summed E-state index contributed by atoms with van der Waals surface area (Å²) in [5.74, 6) is -0.861. The molecule has 2 N–H and O–H groups in total. The van der Waals surface area contributed by atoms with Crippen molar-refractivity contribution < 1.29 is 19.1 Å². The number of carbonyl (C=O) groups is 3. The van der Waals surface area contributed by atoms with E-state index in [1.165, 1.54) is 25.8 Å². The number of thioether (sulfide) groups is 1. The molecule has 2 aromatic rings. The number of carbonyl (C=O) groups excluding carboxylic acids is 3. The predicted molar refractivity (Wildman–Crippen MR) is 107 cm³/mol. The first-order chi connectivity index (χ1) is 12.9. The van der Waals surface area contributed by atoms with Crippen molar-refractivity contribution >= 4 is 40.9 Å². The number of methoxy groups -OCH3 is 1. The van der Waals surface area contributed by atoms with Crippen LogP contribution in [0.25, 0.3) is 0 Å². The van der Waals surface area contributed by atoms with E-state index in [1.807, 2.05) is 25.1 Å². The zero-order valence-electron chi connectivity index (χ0n) is 15.4. The Hall–Kier alpha value is -2.80. The molecule has 0 aliphatic carbocycles. The van der Waals surface area contributed by atoms with Gasteiger partial charge >= 0.3 is 5.97 Å². The number of para-hydroxylation sites is 1. The van der Waals surface area contributed by atoms with Crippen molar-refractivity contribution in [2.24, 2.45) is 0 Å². The highest BCUT2D eigenvalue weighted by Crippen LogP contribution is 2.29. The average Bonchev–Trinajstić information content (AvgIpc) is 2.65. The molecule has 0 radical (unpaired) electrons. The molecule has 7 heteroatoms. The number of esters is 1. The summed E-state index contributed by atoms with van der Waals surface area (Å²) in [4.78, 5) is 36.7. The normalized spacial score (nSPS) is 11.4. The molecular formula is C20H22N2O4S. The van der Waals surface area contributed by atoms with Gasteiger partial charge in [-0.25, -0.2) is 4.79 Å². The molecule has 1 unspecified atom stereocenters. The van der Waals surface area contributed by atoms with Gasteiger partial charge in [0.2, 0.25) is 11.8 Å². The Balaban J connectivity index is 2.13. The number of nitrogens with one attached hydrogen (secondary N) is 2. The van der Waals surface area contributed by atoms with Crippen molar-refractivity contribution in [3.05, 3.63) is 54.1 Å². The van der Waals surface area contributed by atoms with Crippen LogP contribution in [-0.2, 0) is 14.3 Å². The number of hydrogen-bond donors (Lipinski definition) is 2. The first-order valence-corrected chi connectivity index (χ1v) is 9.35. The van der Waals surface area contributed by atoms with Crippen LogP contribution in [-0.4, -0.2) is 30.1 Å². The standard InChI is InChI=1S/C20H22N2O4S/c1-4-18(27-15-9-7-8-14(12-15)21-13(2)23)19(24)22-17-11-6-5-10-16(17)20(25)26-3/h5-12,18H,4H2,1-3H3,(H,21,23)(H,22,24). The van der Waals surface area contributed by atoms with E-state index < -0.39 is 5.97 Å². The lowest BCUT2D eigenvalue weighted by atomic mass is 10.1. The molecule has 0 spiro atoms. The Labute approximate surface area is 162 Å². The Kier molecular flexibility index (Phi) is 7.43. The minimum atomic E-state index is -0.505. The fourth-order valence-electron chi connectivity index (χ4n) is 2.43. The Morgan fingerprint density at radius 1 is 1.07 bits per heavy atom. The molecule has 0 fully saturated rings. The molecule has 0 bridgehead atoms. The molecule has 2 aromatic carbocycles. The maximum absolute atomic E-state index is 12.7.